The van der Waals surface area contributed by atoms with E-state index in [1.54, 1.807) is 12.1 Å². The van der Waals surface area contributed by atoms with Crippen molar-refractivity contribution in [1.82, 2.24) is 15.5 Å². The number of aromatic nitrogens is 2. The number of hydrogen-bond acceptors (Lipinski definition) is 4. The largest absolute Gasteiger partial charge is 0.356 e. The predicted octanol–water partition coefficient (Wildman–Crippen LogP) is 4.51. The number of benzene rings is 1. The molecule has 5 nitrogen and oxygen atoms in total. The van der Waals surface area contributed by atoms with E-state index in [9.17, 15) is 9.18 Å². The number of piperidine rings is 1. The lowest BCUT2D eigenvalue weighted by Gasteiger charge is -2.31. The Morgan fingerprint density at radius 3 is 2.53 bits per heavy atom. The molecule has 4 rings (SSSR count). The highest BCUT2D eigenvalue weighted by Crippen LogP contribution is 2.24. The summed E-state index contributed by atoms with van der Waals surface area (Å²) in [5.74, 6) is 0.821. The number of allylic oxidation sites excluding steroid dienone is 1. The number of rotatable bonds is 6. The Labute approximate surface area is 177 Å². The summed E-state index contributed by atoms with van der Waals surface area (Å²) in [6.45, 7) is 2.35. The van der Waals surface area contributed by atoms with E-state index in [1.165, 1.54) is 43.4 Å². The van der Waals surface area contributed by atoms with Crippen molar-refractivity contribution in [3.8, 4) is 11.3 Å². The highest BCUT2D eigenvalue weighted by Gasteiger charge is 2.25. The van der Waals surface area contributed by atoms with E-state index in [2.05, 4.69) is 26.5 Å². The van der Waals surface area contributed by atoms with Gasteiger partial charge in [-0.3, -0.25) is 4.79 Å². The maximum absolute atomic E-state index is 13.1. The molecule has 1 aliphatic carbocycles. The summed E-state index contributed by atoms with van der Waals surface area (Å²) >= 11 is 0. The molecule has 1 aromatic heterocycles. The molecule has 1 aromatic carbocycles. The molecule has 0 atom stereocenters. The third-order valence-electron chi connectivity index (χ3n) is 6.11. The highest BCUT2D eigenvalue weighted by molar-refractivity contribution is 5.79. The molecule has 1 N–H and O–H groups in total. The molecule has 0 spiro atoms. The molecule has 1 amide bonds. The normalized spacial score (nSPS) is 17.5. The first-order valence-electron chi connectivity index (χ1n) is 11.0. The van der Waals surface area contributed by atoms with Crippen LogP contribution < -0.4 is 10.2 Å². The quantitative estimate of drug-likeness (QED) is 0.715. The molecule has 2 aromatic rings. The number of carbonyl (C=O) groups excluding carboxylic acids is 1. The molecule has 0 saturated carbocycles. The first kappa shape index (κ1) is 20.5. The van der Waals surface area contributed by atoms with Crippen LogP contribution in [0.5, 0.6) is 0 Å². The van der Waals surface area contributed by atoms with Crippen LogP contribution >= 0.6 is 0 Å². The van der Waals surface area contributed by atoms with E-state index in [4.69, 9.17) is 0 Å². The van der Waals surface area contributed by atoms with E-state index < -0.39 is 0 Å². The monoisotopic (exact) mass is 408 g/mol. The Hall–Kier alpha value is -2.76. The van der Waals surface area contributed by atoms with E-state index in [-0.39, 0.29) is 17.6 Å². The molecule has 0 unspecified atom stereocenters. The third kappa shape index (κ3) is 5.23. The number of nitrogens with one attached hydrogen (secondary N) is 1. The lowest BCUT2D eigenvalue weighted by molar-refractivity contribution is -0.125. The first-order chi connectivity index (χ1) is 14.7. The minimum atomic E-state index is -0.263. The van der Waals surface area contributed by atoms with Gasteiger partial charge in [0, 0.05) is 31.1 Å². The SMILES string of the molecule is O=C(NCCC1=CCCCC1)C1CCN(c2ccc(-c3ccc(F)cc3)nn2)CC1. The molecule has 0 radical (unpaired) electrons. The van der Waals surface area contributed by atoms with Crippen molar-refractivity contribution in [2.24, 2.45) is 5.92 Å². The fourth-order valence-electron chi connectivity index (χ4n) is 4.26. The number of amides is 1. The van der Waals surface area contributed by atoms with Crippen molar-refractivity contribution in [3.63, 3.8) is 0 Å². The Morgan fingerprint density at radius 2 is 1.87 bits per heavy atom. The first-order valence-corrected chi connectivity index (χ1v) is 11.0. The van der Waals surface area contributed by atoms with Gasteiger partial charge in [0.15, 0.2) is 5.82 Å². The van der Waals surface area contributed by atoms with Gasteiger partial charge in [-0.25, -0.2) is 4.39 Å². The molecule has 158 valence electrons. The van der Waals surface area contributed by atoms with Crippen molar-refractivity contribution in [2.45, 2.75) is 44.9 Å². The molecule has 30 heavy (non-hydrogen) atoms. The maximum atomic E-state index is 13.1. The van der Waals surface area contributed by atoms with Gasteiger partial charge in [-0.15, -0.1) is 10.2 Å². The van der Waals surface area contributed by atoms with Crippen LogP contribution in [0.2, 0.25) is 0 Å². The third-order valence-corrected chi connectivity index (χ3v) is 6.11. The summed E-state index contributed by atoms with van der Waals surface area (Å²) in [5.41, 5.74) is 3.06. The standard InChI is InChI=1S/C24H29FN4O/c25-21-8-6-19(7-9-21)22-10-11-23(28-27-22)29-16-13-20(14-17-29)24(30)26-15-12-18-4-2-1-3-5-18/h4,6-11,20H,1-3,5,12-17H2,(H,26,30). The Morgan fingerprint density at radius 1 is 1.07 bits per heavy atom. The van der Waals surface area contributed by atoms with E-state index >= 15 is 0 Å². The zero-order valence-electron chi connectivity index (χ0n) is 17.3. The van der Waals surface area contributed by atoms with E-state index in [0.717, 1.165) is 56.0 Å². The molecule has 1 aliphatic heterocycles. The van der Waals surface area contributed by atoms with Gasteiger partial charge in [0.1, 0.15) is 5.82 Å². The van der Waals surface area contributed by atoms with Crippen molar-refractivity contribution >= 4 is 11.7 Å². The lowest BCUT2D eigenvalue weighted by atomic mass is 9.95. The van der Waals surface area contributed by atoms with Crippen LogP contribution in [-0.2, 0) is 4.79 Å². The van der Waals surface area contributed by atoms with Gasteiger partial charge in [-0.2, -0.15) is 0 Å². The second kappa shape index (κ2) is 9.83. The summed E-state index contributed by atoms with van der Waals surface area (Å²) < 4.78 is 13.1. The molecular weight excluding hydrogens is 379 g/mol. The summed E-state index contributed by atoms with van der Waals surface area (Å²) in [7, 11) is 0. The van der Waals surface area contributed by atoms with Gasteiger partial charge in [-0.05, 0) is 81.3 Å². The predicted molar refractivity (Wildman–Crippen MR) is 117 cm³/mol. The molecule has 0 bridgehead atoms. The highest BCUT2D eigenvalue weighted by atomic mass is 19.1. The molecular formula is C24H29FN4O. The van der Waals surface area contributed by atoms with Crippen molar-refractivity contribution in [1.29, 1.82) is 0 Å². The minimum Gasteiger partial charge on any atom is -0.356 e. The molecule has 2 heterocycles. The average Bonchev–Trinajstić information content (AvgIpc) is 2.80. The molecule has 2 aliphatic rings. The number of carbonyl (C=O) groups is 1. The molecule has 6 heteroatoms. The zero-order chi connectivity index (χ0) is 20.8. The molecule has 1 saturated heterocycles. The summed E-state index contributed by atoms with van der Waals surface area (Å²) in [6.07, 6.45) is 9.95. The van der Waals surface area contributed by atoms with Gasteiger partial charge in [0.05, 0.1) is 5.69 Å². The Balaban J connectivity index is 1.24. The van der Waals surface area contributed by atoms with Gasteiger partial charge in [-0.1, -0.05) is 11.6 Å². The Bertz CT molecular complexity index is 871. The van der Waals surface area contributed by atoms with Crippen LogP contribution in [0.4, 0.5) is 10.2 Å². The van der Waals surface area contributed by atoms with Crippen molar-refractivity contribution < 1.29 is 9.18 Å². The van der Waals surface area contributed by atoms with Gasteiger partial charge in [0.25, 0.3) is 0 Å². The topological polar surface area (TPSA) is 58.1 Å². The summed E-state index contributed by atoms with van der Waals surface area (Å²) in [4.78, 5) is 14.7. The second-order valence-electron chi connectivity index (χ2n) is 8.19. The van der Waals surface area contributed by atoms with Crippen LogP contribution in [0.15, 0.2) is 48.0 Å². The number of nitrogens with zero attached hydrogens (tertiary/aromatic N) is 3. The van der Waals surface area contributed by atoms with Gasteiger partial charge < -0.3 is 10.2 Å². The maximum Gasteiger partial charge on any atom is 0.223 e. The van der Waals surface area contributed by atoms with Crippen LogP contribution in [-0.4, -0.2) is 35.7 Å². The summed E-state index contributed by atoms with van der Waals surface area (Å²) in [5, 5.41) is 11.8. The number of anilines is 1. The Kier molecular flexibility index (Phi) is 6.72. The van der Waals surface area contributed by atoms with Gasteiger partial charge >= 0.3 is 0 Å². The van der Waals surface area contributed by atoms with Crippen LogP contribution in [0, 0.1) is 11.7 Å². The van der Waals surface area contributed by atoms with Crippen LogP contribution in [0.3, 0.4) is 0 Å². The second-order valence-corrected chi connectivity index (χ2v) is 8.19. The number of halogens is 1. The van der Waals surface area contributed by atoms with Crippen molar-refractivity contribution in [3.05, 3.63) is 53.9 Å². The number of hydrogen-bond donors (Lipinski definition) is 1. The van der Waals surface area contributed by atoms with Crippen LogP contribution in [0.25, 0.3) is 11.3 Å². The summed E-state index contributed by atoms with van der Waals surface area (Å²) in [6, 6.07) is 10.1. The van der Waals surface area contributed by atoms with Crippen molar-refractivity contribution in [2.75, 3.05) is 24.5 Å². The van der Waals surface area contributed by atoms with E-state index in [0.29, 0.717) is 0 Å². The minimum absolute atomic E-state index is 0.0769. The smallest absolute Gasteiger partial charge is 0.223 e. The molecule has 1 fully saturated rings. The van der Waals surface area contributed by atoms with Crippen LogP contribution in [0.1, 0.15) is 44.9 Å². The zero-order valence-corrected chi connectivity index (χ0v) is 17.3. The van der Waals surface area contributed by atoms with E-state index in [1.807, 2.05) is 12.1 Å². The fourth-order valence-corrected chi connectivity index (χ4v) is 4.26. The average molecular weight is 409 g/mol. The van der Waals surface area contributed by atoms with Gasteiger partial charge in [0.2, 0.25) is 5.91 Å². The lowest BCUT2D eigenvalue weighted by Crippen LogP contribution is -2.41. The fraction of sp³-hybridized carbons (Fsp3) is 0.458.